The number of piperazine rings is 2. The molecule has 5 aromatic rings. The molecule has 0 saturated carbocycles. The summed E-state index contributed by atoms with van der Waals surface area (Å²) in [6.07, 6.45) is 2.64. The van der Waals surface area contributed by atoms with Crippen molar-refractivity contribution in [3.63, 3.8) is 0 Å². The van der Waals surface area contributed by atoms with E-state index in [2.05, 4.69) is 41.8 Å². The average molecular weight is 706 g/mol. The highest BCUT2D eigenvalue weighted by Crippen LogP contribution is 2.30. The van der Waals surface area contributed by atoms with Crippen molar-refractivity contribution in [3.8, 4) is 16.9 Å². The number of aromatic amines is 1. The number of amides is 1. The molecular formula is C38H44FN11O2. The maximum Gasteiger partial charge on any atom is 0.354 e. The molecule has 0 atom stereocenters. The number of H-pyrrole nitrogens is 1. The molecule has 270 valence electrons. The first-order chi connectivity index (χ1) is 25.3. The van der Waals surface area contributed by atoms with Crippen LogP contribution in [0.1, 0.15) is 22.3 Å². The van der Waals surface area contributed by atoms with Gasteiger partial charge in [0.15, 0.2) is 5.96 Å². The van der Waals surface area contributed by atoms with Crippen LogP contribution in [0.15, 0.2) is 83.8 Å². The maximum absolute atomic E-state index is 14.0. The molecule has 14 heteroatoms. The summed E-state index contributed by atoms with van der Waals surface area (Å²) in [4.78, 5) is 41.3. The van der Waals surface area contributed by atoms with Crippen molar-refractivity contribution in [3.05, 3.63) is 106 Å². The standard InChI is InChI=1S/C38H44FN11O2/c39-30-4-8-31(9-5-30)48-16-18-49(19-17-48)36(51)28-20-27(21-33(22-28)47-14-12-42-13-15-47)34-23-29-25-50(38(52)46-35(29)45-34)32-6-2-26(3-7-32)24-43-10-1-11-44-37(40)41/h2-9,20-23,25,42-43H,1,10-19,24H2,(H4,40,41,44)(H,45,46,52). The molecule has 3 aromatic carbocycles. The second kappa shape index (κ2) is 15.7. The first-order valence-corrected chi connectivity index (χ1v) is 17.7. The molecule has 7 rings (SSSR count). The third-order valence-electron chi connectivity index (χ3n) is 9.61. The summed E-state index contributed by atoms with van der Waals surface area (Å²) in [5.74, 6) is -0.323. The second-order valence-electron chi connectivity index (χ2n) is 13.2. The van der Waals surface area contributed by atoms with Crippen LogP contribution >= 0.6 is 0 Å². The van der Waals surface area contributed by atoms with Crippen LogP contribution < -0.4 is 37.2 Å². The van der Waals surface area contributed by atoms with E-state index in [0.717, 1.165) is 72.7 Å². The smallest absolute Gasteiger partial charge is 0.354 e. The minimum Gasteiger partial charge on any atom is -0.370 e. The van der Waals surface area contributed by atoms with Gasteiger partial charge < -0.3 is 41.4 Å². The van der Waals surface area contributed by atoms with Crippen LogP contribution in [0.25, 0.3) is 28.0 Å². The Labute approximate surface area is 301 Å². The van der Waals surface area contributed by atoms with Gasteiger partial charge in [-0.05, 0) is 79.2 Å². The van der Waals surface area contributed by atoms with E-state index in [1.807, 2.05) is 47.4 Å². The van der Waals surface area contributed by atoms with Crippen LogP contribution in [0.4, 0.5) is 15.8 Å². The van der Waals surface area contributed by atoms with Crippen LogP contribution in [-0.2, 0) is 6.54 Å². The summed E-state index contributed by atoms with van der Waals surface area (Å²) in [5.41, 5.74) is 11.3. The lowest BCUT2D eigenvalue weighted by atomic mass is 10.0. The third-order valence-corrected chi connectivity index (χ3v) is 9.61. The van der Waals surface area contributed by atoms with Gasteiger partial charge in [0, 0.05) is 105 Å². The molecule has 0 spiro atoms. The lowest BCUT2D eigenvalue weighted by Gasteiger charge is -2.36. The molecule has 2 aliphatic rings. The van der Waals surface area contributed by atoms with Crippen molar-refractivity contribution in [1.29, 1.82) is 5.41 Å². The van der Waals surface area contributed by atoms with Crippen LogP contribution in [-0.4, -0.2) is 96.7 Å². The van der Waals surface area contributed by atoms with E-state index in [9.17, 15) is 14.0 Å². The number of hydrogen-bond donors (Lipinski definition) is 6. The van der Waals surface area contributed by atoms with Gasteiger partial charge in [-0.25, -0.2) is 9.18 Å². The number of carbonyl (C=O) groups excluding carboxylic acids is 1. The first-order valence-electron chi connectivity index (χ1n) is 17.7. The molecule has 0 radical (unpaired) electrons. The van der Waals surface area contributed by atoms with Gasteiger partial charge in [0.05, 0.1) is 5.69 Å². The lowest BCUT2D eigenvalue weighted by Crippen LogP contribution is -2.49. The summed E-state index contributed by atoms with van der Waals surface area (Å²) in [7, 11) is 0. The molecule has 2 aliphatic heterocycles. The van der Waals surface area contributed by atoms with E-state index < -0.39 is 5.69 Å². The Morgan fingerprint density at radius 2 is 1.58 bits per heavy atom. The molecule has 0 bridgehead atoms. The number of halogens is 1. The van der Waals surface area contributed by atoms with Gasteiger partial charge in [0.25, 0.3) is 5.91 Å². The van der Waals surface area contributed by atoms with E-state index in [1.54, 1.807) is 22.9 Å². The van der Waals surface area contributed by atoms with Gasteiger partial charge in [-0.3, -0.25) is 14.8 Å². The monoisotopic (exact) mass is 705 g/mol. The van der Waals surface area contributed by atoms with Gasteiger partial charge in [-0.2, -0.15) is 4.98 Å². The number of nitrogens with zero attached hydrogens (tertiary/aromatic N) is 5. The summed E-state index contributed by atoms with van der Waals surface area (Å²) >= 11 is 0. The highest BCUT2D eigenvalue weighted by atomic mass is 19.1. The van der Waals surface area contributed by atoms with E-state index in [1.165, 1.54) is 12.1 Å². The molecule has 2 fully saturated rings. The molecule has 4 heterocycles. The number of nitrogens with two attached hydrogens (primary N) is 1. The summed E-state index contributed by atoms with van der Waals surface area (Å²) in [5, 5.41) is 17.6. The van der Waals surface area contributed by atoms with Crippen LogP contribution in [0.3, 0.4) is 0 Å². The number of benzene rings is 3. The molecule has 52 heavy (non-hydrogen) atoms. The summed E-state index contributed by atoms with van der Waals surface area (Å²) < 4.78 is 15.0. The number of guanidine groups is 1. The fourth-order valence-corrected chi connectivity index (χ4v) is 6.78. The Morgan fingerprint density at radius 3 is 2.31 bits per heavy atom. The van der Waals surface area contributed by atoms with Crippen molar-refractivity contribution >= 4 is 34.3 Å². The molecule has 2 saturated heterocycles. The molecule has 7 N–H and O–H groups in total. The van der Waals surface area contributed by atoms with Crippen molar-refractivity contribution in [2.75, 3.05) is 75.2 Å². The van der Waals surface area contributed by atoms with Crippen molar-refractivity contribution in [1.82, 2.24) is 35.4 Å². The molecular weight excluding hydrogens is 661 g/mol. The summed E-state index contributed by atoms with van der Waals surface area (Å²) in [6, 6.07) is 22.2. The molecule has 13 nitrogen and oxygen atoms in total. The number of aromatic nitrogens is 3. The Bertz CT molecular complexity index is 2080. The third kappa shape index (κ3) is 8.08. The predicted octanol–water partition coefficient (Wildman–Crippen LogP) is 2.85. The number of anilines is 2. The zero-order valence-corrected chi connectivity index (χ0v) is 29.0. The average Bonchev–Trinajstić information content (AvgIpc) is 3.59. The minimum absolute atomic E-state index is 0.0258. The quantitative estimate of drug-likeness (QED) is 0.0690. The highest BCUT2D eigenvalue weighted by Gasteiger charge is 2.24. The fraction of sp³-hybridized carbons (Fsp3) is 0.316. The second-order valence-corrected chi connectivity index (χ2v) is 13.2. The number of carbonyl (C=O) groups is 1. The van der Waals surface area contributed by atoms with E-state index >= 15 is 0 Å². The number of fused-ring (bicyclic) bond motifs is 1. The maximum atomic E-state index is 14.0. The van der Waals surface area contributed by atoms with Gasteiger partial charge in [-0.15, -0.1) is 0 Å². The number of nitrogens with one attached hydrogen (secondary N) is 5. The van der Waals surface area contributed by atoms with Crippen molar-refractivity contribution in [2.24, 2.45) is 5.73 Å². The highest BCUT2D eigenvalue weighted by molar-refractivity contribution is 5.97. The Morgan fingerprint density at radius 1 is 0.865 bits per heavy atom. The Hall–Kier alpha value is -5.73. The molecule has 0 aliphatic carbocycles. The van der Waals surface area contributed by atoms with Gasteiger partial charge in [-0.1, -0.05) is 12.1 Å². The topological polar surface area (TPSA) is 163 Å². The van der Waals surface area contributed by atoms with Gasteiger partial charge in [0.2, 0.25) is 0 Å². The van der Waals surface area contributed by atoms with E-state index in [-0.39, 0.29) is 17.7 Å². The van der Waals surface area contributed by atoms with Gasteiger partial charge in [0.1, 0.15) is 11.5 Å². The molecule has 0 unspecified atom stereocenters. The largest absolute Gasteiger partial charge is 0.370 e. The normalized spacial score (nSPS) is 14.9. The summed E-state index contributed by atoms with van der Waals surface area (Å²) in [6.45, 7) is 7.91. The lowest BCUT2D eigenvalue weighted by molar-refractivity contribution is 0.0747. The van der Waals surface area contributed by atoms with Gasteiger partial charge >= 0.3 is 5.69 Å². The first kappa shape index (κ1) is 34.7. The van der Waals surface area contributed by atoms with Crippen LogP contribution in [0.5, 0.6) is 0 Å². The van der Waals surface area contributed by atoms with Crippen molar-refractivity contribution in [2.45, 2.75) is 13.0 Å². The molecule has 1 amide bonds. The van der Waals surface area contributed by atoms with Crippen LogP contribution in [0.2, 0.25) is 0 Å². The van der Waals surface area contributed by atoms with E-state index in [4.69, 9.17) is 11.1 Å². The number of hydrogen-bond acceptors (Lipinski definition) is 8. The van der Waals surface area contributed by atoms with Crippen LogP contribution in [0, 0.1) is 11.2 Å². The predicted molar refractivity (Wildman–Crippen MR) is 203 cm³/mol. The fourth-order valence-electron chi connectivity index (χ4n) is 6.78. The Balaban J connectivity index is 1.10. The zero-order chi connectivity index (χ0) is 36.0. The minimum atomic E-state index is -0.394. The number of rotatable bonds is 11. The zero-order valence-electron chi connectivity index (χ0n) is 29.0. The van der Waals surface area contributed by atoms with Crippen molar-refractivity contribution < 1.29 is 9.18 Å². The van der Waals surface area contributed by atoms with E-state index in [0.29, 0.717) is 56.2 Å². The molecule has 2 aromatic heterocycles. The SMILES string of the molecule is N=C(N)NCCCNCc1ccc(-n2cc3cc(-c4cc(C(=O)N5CCN(c6ccc(F)cc6)CC5)cc(N5CCNCC5)c4)[nH]c3nc2=O)cc1. The Kier molecular flexibility index (Phi) is 10.5.